The lowest BCUT2D eigenvalue weighted by Gasteiger charge is -2.36. The van der Waals surface area contributed by atoms with Gasteiger partial charge in [-0.2, -0.15) is 0 Å². The van der Waals surface area contributed by atoms with Crippen LogP contribution in [0.3, 0.4) is 0 Å². The van der Waals surface area contributed by atoms with Gasteiger partial charge < -0.3 is 27.0 Å². The van der Waals surface area contributed by atoms with E-state index in [0.717, 1.165) is 78.5 Å². The average Bonchev–Trinajstić information content (AvgIpc) is 2.96. The summed E-state index contributed by atoms with van der Waals surface area (Å²) in [5.41, 5.74) is 5.40. The van der Waals surface area contributed by atoms with E-state index in [1.165, 1.54) is 78.5 Å². The minimum Gasteiger partial charge on any atom is -0.329 e. The van der Waals surface area contributed by atoms with E-state index in [4.69, 9.17) is 5.73 Å². The lowest BCUT2D eigenvalue weighted by molar-refractivity contribution is 0.116. The van der Waals surface area contributed by atoms with Gasteiger partial charge >= 0.3 is 0 Å². The van der Waals surface area contributed by atoms with Gasteiger partial charge in [-0.3, -0.25) is 24.5 Å². The van der Waals surface area contributed by atoms with E-state index in [9.17, 15) is 0 Å². The first kappa shape index (κ1) is 36.8. The van der Waals surface area contributed by atoms with Gasteiger partial charge in [0.15, 0.2) is 0 Å². The number of nitrogens with two attached hydrogens (primary N) is 1. The Morgan fingerprint density at radius 1 is 0.486 bits per heavy atom. The van der Waals surface area contributed by atoms with Crippen LogP contribution in [0.5, 0.6) is 0 Å². The van der Waals surface area contributed by atoms with Crippen LogP contribution in [0.4, 0.5) is 0 Å². The Labute approximate surface area is 267 Å². The molecule has 6 N–H and O–H groups in total. The van der Waals surface area contributed by atoms with Crippen molar-refractivity contribution < 1.29 is 0 Å². The second-order valence-electron chi connectivity index (χ2n) is 10.00. The molecule has 4 rings (SSSR count). The van der Waals surface area contributed by atoms with Crippen LogP contribution < -0.4 is 27.0 Å². The monoisotopic (exact) mass is 864 g/mol. The summed E-state index contributed by atoms with van der Waals surface area (Å²) in [7, 11) is 0. The van der Waals surface area contributed by atoms with Gasteiger partial charge in [0.05, 0.1) is 0 Å². The Morgan fingerprint density at radius 2 is 0.784 bits per heavy atom. The number of nitrogens with zero attached hydrogens (tertiary/aromatic N) is 5. The lowest BCUT2D eigenvalue weighted by Crippen LogP contribution is -2.51. The maximum absolute atomic E-state index is 5.40. The molecule has 0 aromatic heterocycles. The Kier molecular flexibility index (Phi) is 25.4. The summed E-state index contributed by atoms with van der Waals surface area (Å²) in [5.74, 6) is 0. The zero-order valence-electron chi connectivity index (χ0n) is 22.9. The maximum Gasteiger partial charge on any atom is 0.0110 e. The molecule has 0 saturated carbocycles. The van der Waals surface area contributed by atoms with Gasteiger partial charge in [-0.1, -0.05) is 0 Å². The highest BCUT2D eigenvalue weighted by Gasteiger charge is 2.18. The molecule has 4 fully saturated rings. The number of hydrogen-bond donors (Lipinski definition) is 5. The molecule has 4 heterocycles. The Bertz CT molecular complexity index is 480. The molecule has 4 aliphatic heterocycles. The van der Waals surface area contributed by atoms with Gasteiger partial charge in [0, 0.05) is 194 Å². The van der Waals surface area contributed by atoms with E-state index >= 15 is 0 Å². The van der Waals surface area contributed by atoms with Gasteiger partial charge in [-0.15, -0.1) is 24.0 Å². The quantitative estimate of drug-likeness (QED) is 0.135. The molecule has 0 aliphatic carbocycles. The highest BCUT2D eigenvalue weighted by molar-refractivity contribution is 15.0. The summed E-state index contributed by atoms with van der Waals surface area (Å²) in [6.45, 7) is 28.0. The van der Waals surface area contributed by atoms with Crippen LogP contribution >= 0.6 is 61.2 Å². The van der Waals surface area contributed by atoms with Gasteiger partial charge in [-0.25, -0.2) is 0 Å². The molecular formula is C24H55I3N10. The fourth-order valence-corrected chi connectivity index (χ4v) is 5.11. The lowest BCUT2D eigenvalue weighted by atomic mass is 10.3. The maximum atomic E-state index is 5.40. The molecule has 4 aliphatic rings. The van der Waals surface area contributed by atoms with Crippen molar-refractivity contribution >= 4 is 61.2 Å². The van der Waals surface area contributed by atoms with Crippen molar-refractivity contribution in [1.82, 2.24) is 45.8 Å². The normalized spacial score (nSPS) is 22.8. The summed E-state index contributed by atoms with van der Waals surface area (Å²) in [5, 5.41) is 13.8. The molecular weight excluding hydrogens is 809 g/mol. The number of hydrogen-bond acceptors (Lipinski definition) is 10. The van der Waals surface area contributed by atoms with Crippen LogP contribution in [0.15, 0.2) is 0 Å². The third-order valence-corrected chi connectivity index (χ3v) is 7.48. The highest BCUT2D eigenvalue weighted by atomic mass is 128. The SMILES string of the molecule is C1CN(CCNCCN2CCN(CCN3CCNCC3)CC2)CCN1.I.II.NCCN1CCNCC1. The van der Waals surface area contributed by atoms with Crippen molar-refractivity contribution in [2.75, 3.05) is 157 Å². The fourth-order valence-electron chi connectivity index (χ4n) is 5.11. The van der Waals surface area contributed by atoms with Crippen molar-refractivity contribution in [3.05, 3.63) is 0 Å². The smallest absolute Gasteiger partial charge is 0.0110 e. The van der Waals surface area contributed by atoms with Crippen LogP contribution in [-0.2, 0) is 0 Å². The molecule has 0 aromatic rings. The van der Waals surface area contributed by atoms with Crippen molar-refractivity contribution in [1.29, 1.82) is 0 Å². The Hall–Kier alpha value is 1.79. The zero-order chi connectivity index (χ0) is 25.7. The minimum atomic E-state index is 0. The molecule has 13 heteroatoms. The topological polar surface area (TPSA) is 90.3 Å². The first-order valence-corrected chi connectivity index (χ1v) is 20.4. The molecule has 0 atom stereocenters. The van der Waals surface area contributed by atoms with E-state index in [-0.39, 0.29) is 24.0 Å². The van der Waals surface area contributed by atoms with Crippen molar-refractivity contribution in [2.24, 2.45) is 5.73 Å². The van der Waals surface area contributed by atoms with Gasteiger partial charge in [0.2, 0.25) is 0 Å². The van der Waals surface area contributed by atoms with E-state index in [2.05, 4.69) is 83.0 Å². The number of piperazine rings is 4. The van der Waals surface area contributed by atoms with Gasteiger partial charge in [0.25, 0.3) is 0 Å². The summed E-state index contributed by atoms with van der Waals surface area (Å²) >= 11 is 4.24. The van der Waals surface area contributed by atoms with Gasteiger partial charge in [0.1, 0.15) is 0 Å². The minimum absolute atomic E-state index is 0. The Balaban J connectivity index is 0.000000481. The molecule has 0 spiro atoms. The van der Waals surface area contributed by atoms with Crippen molar-refractivity contribution in [3.63, 3.8) is 0 Å². The van der Waals surface area contributed by atoms with Crippen LogP contribution in [0, 0.1) is 0 Å². The molecule has 0 radical (unpaired) electrons. The third-order valence-electron chi connectivity index (χ3n) is 7.48. The molecule has 37 heavy (non-hydrogen) atoms. The fraction of sp³-hybridized carbons (Fsp3) is 1.00. The molecule has 0 unspecified atom stereocenters. The summed E-state index contributed by atoms with van der Waals surface area (Å²) in [4.78, 5) is 12.8. The standard InChI is InChI=1S/C18H39N7.C6H15N3.I2.HI/c1-7-22(8-2-19-1)9-3-20-6-12-24-14-17-25(18-15-24)16-13-23-10-4-21-5-11-23;7-1-4-9-5-2-8-3-6-9;1-2;/h19-21H,1-18H2;8H,1-7H2;;1H. The Morgan fingerprint density at radius 3 is 1.16 bits per heavy atom. The predicted octanol–water partition coefficient (Wildman–Crippen LogP) is -0.756. The average molecular weight is 864 g/mol. The van der Waals surface area contributed by atoms with E-state index in [1.807, 2.05) is 0 Å². The largest absolute Gasteiger partial charge is 0.329 e. The summed E-state index contributed by atoms with van der Waals surface area (Å²) < 4.78 is 0. The van der Waals surface area contributed by atoms with Crippen LogP contribution in [0.1, 0.15) is 0 Å². The molecule has 0 aromatic carbocycles. The van der Waals surface area contributed by atoms with Crippen molar-refractivity contribution in [2.45, 2.75) is 0 Å². The molecule has 0 bridgehead atoms. The second-order valence-corrected chi connectivity index (χ2v) is 10.00. The zero-order valence-corrected chi connectivity index (χ0v) is 29.6. The second kappa shape index (κ2) is 25.5. The number of rotatable bonds is 11. The van der Waals surface area contributed by atoms with Crippen molar-refractivity contribution in [3.8, 4) is 0 Å². The first-order chi connectivity index (χ1) is 17.8. The van der Waals surface area contributed by atoms with E-state index < -0.39 is 0 Å². The third kappa shape index (κ3) is 18.0. The molecule has 4 saturated heterocycles. The first-order valence-electron chi connectivity index (χ1n) is 14.1. The highest BCUT2D eigenvalue weighted by Crippen LogP contribution is 2.02. The van der Waals surface area contributed by atoms with E-state index in [0.29, 0.717) is 0 Å². The summed E-state index contributed by atoms with van der Waals surface area (Å²) in [6.07, 6.45) is 0. The molecule has 0 amide bonds. The van der Waals surface area contributed by atoms with Crippen LogP contribution in [-0.4, -0.2) is 182 Å². The number of halogens is 3. The number of nitrogens with one attached hydrogen (secondary N) is 4. The molecule has 222 valence electrons. The van der Waals surface area contributed by atoms with E-state index in [1.54, 1.807) is 0 Å². The predicted molar refractivity (Wildman–Crippen MR) is 186 cm³/mol. The molecule has 10 nitrogen and oxygen atoms in total. The summed E-state index contributed by atoms with van der Waals surface area (Å²) in [6, 6.07) is 0. The van der Waals surface area contributed by atoms with Crippen LogP contribution in [0.25, 0.3) is 0 Å². The van der Waals surface area contributed by atoms with Crippen LogP contribution in [0.2, 0.25) is 0 Å². The van der Waals surface area contributed by atoms with Gasteiger partial charge in [-0.05, 0) is 0 Å².